The predicted octanol–water partition coefficient (Wildman–Crippen LogP) is 5.97. The normalized spacial score (nSPS) is 11.3. The minimum atomic E-state index is -0.377. The molecule has 0 N–H and O–H groups in total. The molecule has 0 radical (unpaired) electrons. The fourth-order valence-corrected chi connectivity index (χ4v) is 3.19. The molecule has 108 valence electrons. The number of rotatable bonds is 2. The van der Waals surface area contributed by atoms with E-state index in [2.05, 4.69) is 20.9 Å². The largest absolute Gasteiger partial charge is 0.295 e. The first-order chi connectivity index (χ1) is 9.99. The third-order valence-electron chi connectivity index (χ3n) is 2.99. The van der Waals surface area contributed by atoms with E-state index < -0.39 is 0 Å². The zero-order chi connectivity index (χ0) is 15.1. The van der Waals surface area contributed by atoms with Crippen LogP contribution >= 0.6 is 50.7 Å². The van der Waals surface area contributed by atoms with Crippen LogP contribution in [0, 0.1) is 5.82 Å². The predicted molar refractivity (Wildman–Crippen MR) is 88.3 cm³/mol. The molecule has 21 heavy (non-hydrogen) atoms. The maximum atomic E-state index is 13.8. The second-order valence-electron chi connectivity index (χ2n) is 4.38. The first-order valence-electron chi connectivity index (χ1n) is 5.88. The van der Waals surface area contributed by atoms with Crippen molar-refractivity contribution in [1.29, 1.82) is 0 Å². The van der Waals surface area contributed by atoms with Gasteiger partial charge < -0.3 is 0 Å². The molecular formula is C14H7BrCl3FN2. The lowest BCUT2D eigenvalue weighted by atomic mass is 10.2. The summed E-state index contributed by atoms with van der Waals surface area (Å²) >= 11 is 21.2. The fourth-order valence-electron chi connectivity index (χ4n) is 2.17. The summed E-state index contributed by atoms with van der Waals surface area (Å²) in [5.74, 6) is 0.387. The van der Waals surface area contributed by atoms with Crippen LogP contribution in [0.4, 0.5) is 4.39 Å². The van der Waals surface area contributed by atoms with Crippen LogP contribution in [0.15, 0.2) is 34.8 Å². The van der Waals surface area contributed by atoms with Gasteiger partial charge in [0.25, 0.3) is 0 Å². The van der Waals surface area contributed by atoms with Gasteiger partial charge in [-0.2, -0.15) is 0 Å². The monoisotopic (exact) mass is 406 g/mol. The minimum absolute atomic E-state index is 0.179. The molecule has 0 bridgehead atoms. The zero-order valence-electron chi connectivity index (χ0n) is 10.4. The van der Waals surface area contributed by atoms with Crippen molar-refractivity contribution in [1.82, 2.24) is 9.55 Å². The van der Waals surface area contributed by atoms with Gasteiger partial charge in [0, 0.05) is 16.1 Å². The highest BCUT2D eigenvalue weighted by Crippen LogP contribution is 2.30. The molecule has 0 saturated carbocycles. The van der Waals surface area contributed by atoms with E-state index in [-0.39, 0.29) is 11.7 Å². The van der Waals surface area contributed by atoms with Gasteiger partial charge in [-0.3, -0.25) is 4.57 Å². The average molecular weight is 408 g/mol. The van der Waals surface area contributed by atoms with E-state index in [9.17, 15) is 4.39 Å². The number of imidazole rings is 1. The Morgan fingerprint density at radius 2 is 1.76 bits per heavy atom. The average Bonchev–Trinajstić information content (AvgIpc) is 2.75. The van der Waals surface area contributed by atoms with E-state index >= 15 is 0 Å². The summed E-state index contributed by atoms with van der Waals surface area (Å²) < 4.78 is 15.9. The van der Waals surface area contributed by atoms with Crippen molar-refractivity contribution >= 4 is 61.8 Å². The van der Waals surface area contributed by atoms with Crippen LogP contribution in [0.1, 0.15) is 5.82 Å². The molecule has 0 unspecified atom stereocenters. The van der Waals surface area contributed by atoms with E-state index in [0.717, 1.165) is 0 Å². The van der Waals surface area contributed by atoms with Crippen molar-refractivity contribution < 1.29 is 4.39 Å². The minimum Gasteiger partial charge on any atom is -0.295 e. The first kappa shape index (κ1) is 15.1. The van der Waals surface area contributed by atoms with E-state index in [1.807, 2.05) is 0 Å². The molecule has 1 aromatic heterocycles. The smallest absolute Gasteiger partial charge is 0.139 e. The van der Waals surface area contributed by atoms with Crippen LogP contribution < -0.4 is 0 Å². The van der Waals surface area contributed by atoms with E-state index in [4.69, 9.17) is 34.8 Å². The topological polar surface area (TPSA) is 17.8 Å². The van der Waals surface area contributed by atoms with Crippen LogP contribution in [0.3, 0.4) is 0 Å². The Hall–Kier alpha value is -0.810. The summed E-state index contributed by atoms with van der Waals surface area (Å²) in [6.07, 6.45) is 0. The SMILES string of the molecule is Fc1cc2c(cc1Br)nc(CCl)n2-c1cc(Cl)cc(Cl)c1. The molecule has 2 aromatic carbocycles. The lowest BCUT2D eigenvalue weighted by molar-refractivity contribution is 0.622. The second kappa shape index (κ2) is 5.76. The highest BCUT2D eigenvalue weighted by molar-refractivity contribution is 9.10. The van der Waals surface area contributed by atoms with Crippen molar-refractivity contribution in [3.05, 3.63) is 56.5 Å². The van der Waals surface area contributed by atoms with Gasteiger partial charge in [0.05, 0.1) is 27.1 Å². The second-order valence-corrected chi connectivity index (χ2v) is 6.37. The highest BCUT2D eigenvalue weighted by Gasteiger charge is 2.15. The summed E-state index contributed by atoms with van der Waals surface area (Å²) in [5, 5.41) is 0.968. The Labute approximate surface area is 143 Å². The number of alkyl halides is 1. The van der Waals surface area contributed by atoms with Crippen molar-refractivity contribution in [3.8, 4) is 5.69 Å². The Bertz CT molecular complexity index is 828. The number of nitrogens with zero attached hydrogens (tertiary/aromatic N) is 2. The molecule has 0 amide bonds. The van der Waals surface area contributed by atoms with Crippen molar-refractivity contribution in [2.45, 2.75) is 5.88 Å². The molecule has 0 saturated heterocycles. The molecule has 0 spiro atoms. The van der Waals surface area contributed by atoms with Crippen molar-refractivity contribution in [3.63, 3.8) is 0 Å². The number of hydrogen-bond acceptors (Lipinski definition) is 1. The molecule has 0 aliphatic carbocycles. The van der Waals surface area contributed by atoms with Gasteiger partial charge >= 0.3 is 0 Å². The molecule has 0 aliphatic rings. The summed E-state index contributed by atoms with van der Waals surface area (Å²) in [4.78, 5) is 4.42. The Morgan fingerprint density at radius 3 is 2.38 bits per heavy atom. The Kier molecular flexibility index (Phi) is 4.14. The van der Waals surface area contributed by atoms with Gasteiger partial charge in [-0.25, -0.2) is 9.37 Å². The first-order valence-corrected chi connectivity index (χ1v) is 7.96. The maximum Gasteiger partial charge on any atom is 0.139 e. The third kappa shape index (κ3) is 2.78. The molecule has 2 nitrogen and oxygen atoms in total. The quantitative estimate of drug-likeness (QED) is 0.478. The molecule has 7 heteroatoms. The molecule has 0 atom stereocenters. The van der Waals surface area contributed by atoms with Gasteiger partial charge in [-0.1, -0.05) is 23.2 Å². The summed E-state index contributed by atoms with van der Waals surface area (Å²) in [7, 11) is 0. The molecule has 3 rings (SSSR count). The number of benzene rings is 2. The van der Waals surface area contributed by atoms with Gasteiger partial charge in [-0.15, -0.1) is 11.6 Å². The third-order valence-corrected chi connectivity index (χ3v) is 4.27. The Balaban J connectivity index is 2.36. The van der Waals surface area contributed by atoms with Crippen LogP contribution in [-0.4, -0.2) is 9.55 Å². The van der Waals surface area contributed by atoms with Crippen LogP contribution in [0.2, 0.25) is 10.0 Å². The van der Waals surface area contributed by atoms with Crippen LogP contribution in [0.25, 0.3) is 16.7 Å². The fraction of sp³-hybridized carbons (Fsp3) is 0.0714. The van der Waals surface area contributed by atoms with Gasteiger partial charge in [0.15, 0.2) is 0 Å². The van der Waals surface area contributed by atoms with Crippen molar-refractivity contribution in [2.75, 3.05) is 0 Å². The number of aromatic nitrogens is 2. The number of hydrogen-bond donors (Lipinski definition) is 0. The van der Waals surface area contributed by atoms with Gasteiger partial charge in [0.1, 0.15) is 11.6 Å². The number of halogens is 5. The lowest BCUT2D eigenvalue weighted by Gasteiger charge is -2.09. The zero-order valence-corrected chi connectivity index (χ0v) is 14.2. The molecule has 3 aromatic rings. The molecule has 1 heterocycles. The molecule has 0 aliphatic heterocycles. The molecule has 0 fully saturated rings. The van der Waals surface area contributed by atoms with E-state index in [0.29, 0.717) is 37.1 Å². The Morgan fingerprint density at radius 1 is 1.10 bits per heavy atom. The van der Waals surface area contributed by atoms with E-state index in [1.54, 1.807) is 28.8 Å². The lowest BCUT2D eigenvalue weighted by Crippen LogP contribution is -1.99. The summed E-state index contributed by atoms with van der Waals surface area (Å²) in [5.41, 5.74) is 1.92. The van der Waals surface area contributed by atoms with Gasteiger partial charge in [0.2, 0.25) is 0 Å². The maximum absolute atomic E-state index is 13.8. The van der Waals surface area contributed by atoms with Gasteiger partial charge in [-0.05, 0) is 40.2 Å². The standard InChI is InChI=1S/C14H7BrCl3FN2/c15-10-4-12-13(5-11(10)19)21(14(6-16)20-12)9-2-7(17)1-8(18)3-9/h1-5H,6H2. The summed E-state index contributed by atoms with van der Waals surface area (Å²) in [6.45, 7) is 0. The van der Waals surface area contributed by atoms with E-state index in [1.165, 1.54) is 6.07 Å². The number of fused-ring (bicyclic) bond motifs is 1. The van der Waals surface area contributed by atoms with Crippen molar-refractivity contribution in [2.24, 2.45) is 0 Å². The van der Waals surface area contributed by atoms with Crippen LogP contribution in [0.5, 0.6) is 0 Å². The van der Waals surface area contributed by atoms with Crippen LogP contribution in [-0.2, 0) is 5.88 Å². The molecular weight excluding hydrogens is 401 g/mol. The highest BCUT2D eigenvalue weighted by atomic mass is 79.9. The summed E-state index contributed by atoms with van der Waals surface area (Å²) in [6, 6.07) is 8.10.